The average molecular weight is 505 g/mol. The summed E-state index contributed by atoms with van der Waals surface area (Å²) in [5.74, 6) is 0.309. The first-order valence-electron chi connectivity index (χ1n) is 11.9. The lowest BCUT2D eigenvalue weighted by molar-refractivity contribution is -0.126. The molecule has 2 fully saturated rings. The number of carbonyl (C=O) groups is 2. The Morgan fingerprint density at radius 2 is 1.49 bits per heavy atom. The highest BCUT2D eigenvalue weighted by molar-refractivity contribution is 6.24. The van der Waals surface area contributed by atoms with Crippen LogP contribution in [0.3, 0.4) is 0 Å². The van der Waals surface area contributed by atoms with E-state index in [1.165, 1.54) is 26.2 Å². The molecule has 0 aliphatic carbocycles. The van der Waals surface area contributed by atoms with Gasteiger partial charge >= 0.3 is 0 Å². The second kappa shape index (κ2) is 10.0. The van der Waals surface area contributed by atoms with Crippen molar-refractivity contribution in [3.63, 3.8) is 0 Å². The van der Waals surface area contributed by atoms with E-state index in [-0.39, 0.29) is 5.91 Å². The number of ether oxygens (including phenoxy) is 4. The number of fused-ring (bicyclic) bond motifs is 1. The lowest BCUT2D eigenvalue weighted by Crippen LogP contribution is -2.37. The molecule has 2 amide bonds. The van der Waals surface area contributed by atoms with Crippen molar-refractivity contribution < 1.29 is 33.4 Å². The summed E-state index contributed by atoms with van der Waals surface area (Å²) in [5.41, 5.74) is 1.79. The summed E-state index contributed by atoms with van der Waals surface area (Å²) in [6, 6.07) is 19.1. The first-order chi connectivity index (χ1) is 18.0. The number of methoxy groups -OCH3 is 3. The normalized spacial score (nSPS) is 20.7. The SMILES string of the molecule is CCOc1ccc(N2C(=O)[C@@H]3[C@@H](ON(c4ccccc4)[C@H]3c3ccc(OC)c(OC)c3OC)C2=O)cc1. The molecular weight excluding hydrogens is 476 g/mol. The Bertz CT molecular complexity index is 1300. The molecule has 192 valence electrons. The fourth-order valence-corrected chi connectivity index (χ4v) is 5.00. The zero-order valence-electron chi connectivity index (χ0n) is 21.0. The third kappa shape index (κ3) is 4.01. The van der Waals surface area contributed by atoms with Gasteiger partial charge < -0.3 is 18.9 Å². The molecule has 2 heterocycles. The van der Waals surface area contributed by atoms with Gasteiger partial charge in [0, 0.05) is 5.56 Å². The quantitative estimate of drug-likeness (QED) is 0.423. The number of anilines is 2. The summed E-state index contributed by atoms with van der Waals surface area (Å²) < 4.78 is 22.3. The molecule has 5 rings (SSSR count). The molecule has 0 unspecified atom stereocenters. The lowest BCUT2D eigenvalue weighted by Gasteiger charge is -2.30. The molecule has 3 aromatic rings. The number of hydrogen-bond donors (Lipinski definition) is 0. The van der Waals surface area contributed by atoms with Crippen LogP contribution in [0.2, 0.25) is 0 Å². The molecule has 0 saturated carbocycles. The Morgan fingerprint density at radius 3 is 2.11 bits per heavy atom. The monoisotopic (exact) mass is 504 g/mol. The van der Waals surface area contributed by atoms with Gasteiger partial charge in [-0.1, -0.05) is 18.2 Å². The number of nitrogens with zero attached hydrogens (tertiary/aromatic N) is 2. The lowest BCUT2D eigenvalue weighted by atomic mass is 9.89. The van der Waals surface area contributed by atoms with Crippen molar-refractivity contribution in [3.8, 4) is 23.0 Å². The minimum Gasteiger partial charge on any atom is -0.494 e. The Morgan fingerprint density at radius 1 is 0.784 bits per heavy atom. The number of hydroxylamine groups is 1. The van der Waals surface area contributed by atoms with Crippen molar-refractivity contribution in [3.05, 3.63) is 72.3 Å². The van der Waals surface area contributed by atoms with Gasteiger partial charge in [0.25, 0.3) is 5.91 Å². The van der Waals surface area contributed by atoms with E-state index in [1.807, 2.05) is 43.3 Å². The third-order valence-electron chi connectivity index (χ3n) is 6.59. The summed E-state index contributed by atoms with van der Waals surface area (Å²) in [6.45, 7) is 2.41. The van der Waals surface area contributed by atoms with E-state index < -0.39 is 24.0 Å². The fourth-order valence-electron chi connectivity index (χ4n) is 5.00. The van der Waals surface area contributed by atoms with E-state index in [0.29, 0.717) is 46.5 Å². The molecule has 0 radical (unpaired) electrons. The topological polar surface area (TPSA) is 86.8 Å². The van der Waals surface area contributed by atoms with Crippen LogP contribution in [0, 0.1) is 5.92 Å². The van der Waals surface area contributed by atoms with Crippen LogP contribution in [0.4, 0.5) is 11.4 Å². The van der Waals surface area contributed by atoms with Gasteiger partial charge in [0.15, 0.2) is 17.6 Å². The van der Waals surface area contributed by atoms with Gasteiger partial charge in [-0.15, -0.1) is 0 Å². The highest BCUT2D eigenvalue weighted by atomic mass is 16.7. The van der Waals surface area contributed by atoms with Gasteiger partial charge in [0.1, 0.15) is 17.7 Å². The van der Waals surface area contributed by atoms with Crippen molar-refractivity contribution in [1.82, 2.24) is 0 Å². The Kier molecular flexibility index (Phi) is 6.62. The predicted octanol–water partition coefficient (Wildman–Crippen LogP) is 4.16. The van der Waals surface area contributed by atoms with Crippen molar-refractivity contribution in [2.24, 2.45) is 5.92 Å². The smallest absolute Gasteiger partial charge is 0.266 e. The Hall–Kier alpha value is -4.24. The number of imide groups is 1. The molecule has 0 aromatic heterocycles. The molecular formula is C28H28N2O7. The van der Waals surface area contributed by atoms with Gasteiger partial charge in [-0.05, 0) is 55.5 Å². The van der Waals surface area contributed by atoms with Crippen molar-refractivity contribution in [2.75, 3.05) is 37.9 Å². The molecule has 0 spiro atoms. The first kappa shape index (κ1) is 24.5. The van der Waals surface area contributed by atoms with Crippen LogP contribution in [-0.4, -0.2) is 45.9 Å². The molecule has 2 aliphatic rings. The second-order valence-corrected chi connectivity index (χ2v) is 8.52. The van der Waals surface area contributed by atoms with E-state index in [2.05, 4.69) is 0 Å². The van der Waals surface area contributed by atoms with E-state index in [1.54, 1.807) is 35.4 Å². The van der Waals surface area contributed by atoms with Gasteiger partial charge in [-0.2, -0.15) is 0 Å². The van der Waals surface area contributed by atoms with Crippen molar-refractivity contribution in [2.45, 2.75) is 19.1 Å². The third-order valence-corrected chi connectivity index (χ3v) is 6.59. The van der Waals surface area contributed by atoms with Crippen molar-refractivity contribution >= 4 is 23.2 Å². The van der Waals surface area contributed by atoms with Gasteiger partial charge in [0.05, 0.1) is 39.3 Å². The van der Waals surface area contributed by atoms with Crippen LogP contribution >= 0.6 is 0 Å². The summed E-state index contributed by atoms with van der Waals surface area (Å²) in [4.78, 5) is 34.9. The number of hydrogen-bond acceptors (Lipinski definition) is 8. The highest BCUT2D eigenvalue weighted by Crippen LogP contribution is 2.52. The van der Waals surface area contributed by atoms with Crippen LogP contribution in [0.15, 0.2) is 66.7 Å². The zero-order chi connectivity index (χ0) is 26.1. The minimum absolute atomic E-state index is 0.362. The second-order valence-electron chi connectivity index (χ2n) is 8.52. The largest absolute Gasteiger partial charge is 0.494 e. The molecule has 3 atom stereocenters. The molecule has 2 saturated heterocycles. The number of rotatable bonds is 8. The van der Waals surface area contributed by atoms with E-state index in [4.69, 9.17) is 23.8 Å². The maximum atomic E-state index is 13.9. The minimum atomic E-state index is -1.01. The molecule has 3 aromatic carbocycles. The molecule has 37 heavy (non-hydrogen) atoms. The van der Waals surface area contributed by atoms with Gasteiger partial charge in [0.2, 0.25) is 11.7 Å². The summed E-state index contributed by atoms with van der Waals surface area (Å²) in [5, 5.41) is 1.62. The Labute approximate surface area is 215 Å². The Balaban J connectivity index is 1.61. The molecule has 0 bridgehead atoms. The first-order valence-corrected chi connectivity index (χ1v) is 11.9. The zero-order valence-corrected chi connectivity index (χ0v) is 21.0. The van der Waals surface area contributed by atoms with Gasteiger partial charge in [-0.3, -0.25) is 14.4 Å². The fraction of sp³-hybridized carbons (Fsp3) is 0.286. The maximum Gasteiger partial charge on any atom is 0.266 e. The van der Waals surface area contributed by atoms with E-state index in [0.717, 1.165) is 0 Å². The highest BCUT2D eigenvalue weighted by Gasteiger charge is 2.61. The summed E-state index contributed by atoms with van der Waals surface area (Å²) in [7, 11) is 4.58. The van der Waals surface area contributed by atoms with Crippen LogP contribution in [-0.2, 0) is 14.4 Å². The van der Waals surface area contributed by atoms with E-state index >= 15 is 0 Å². The van der Waals surface area contributed by atoms with Crippen LogP contribution in [0.1, 0.15) is 18.5 Å². The number of amides is 2. The molecule has 2 aliphatic heterocycles. The van der Waals surface area contributed by atoms with Crippen LogP contribution in [0.25, 0.3) is 0 Å². The average Bonchev–Trinajstić information content (AvgIpc) is 3.44. The summed E-state index contributed by atoms with van der Waals surface area (Å²) in [6.07, 6.45) is -1.01. The van der Waals surface area contributed by atoms with E-state index in [9.17, 15) is 9.59 Å². The number of para-hydroxylation sites is 1. The number of benzene rings is 3. The standard InChI is InChI=1S/C28H28N2O7/c1-5-36-19-13-11-17(12-14-19)29-27(31)22-23(20-15-16-21(33-2)25(35-4)24(20)34-3)30(37-26(22)28(29)32)18-9-7-6-8-10-18/h6-16,22-23,26H,5H2,1-4H3/t22-,23-,26+/m0/s1. The number of carbonyl (C=O) groups excluding carboxylic acids is 2. The van der Waals surface area contributed by atoms with Gasteiger partial charge in [-0.25, -0.2) is 9.96 Å². The van der Waals surface area contributed by atoms with Crippen LogP contribution < -0.4 is 28.9 Å². The van der Waals surface area contributed by atoms with Crippen LogP contribution in [0.5, 0.6) is 23.0 Å². The molecule has 9 nitrogen and oxygen atoms in total. The molecule has 0 N–H and O–H groups in total. The van der Waals surface area contributed by atoms with Crippen molar-refractivity contribution in [1.29, 1.82) is 0 Å². The summed E-state index contributed by atoms with van der Waals surface area (Å²) >= 11 is 0. The maximum absolute atomic E-state index is 13.9. The molecule has 9 heteroatoms. The predicted molar refractivity (Wildman–Crippen MR) is 136 cm³/mol.